The number of hydrogen-bond acceptors (Lipinski definition) is 3. The van der Waals surface area contributed by atoms with Gasteiger partial charge < -0.3 is 0 Å². The minimum atomic E-state index is -3.39. The van der Waals surface area contributed by atoms with Gasteiger partial charge in [-0.25, -0.2) is 8.42 Å². The van der Waals surface area contributed by atoms with E-state index in [1.54, 1.807) is 0 Å². The fraction of sp³-hybridized carbons (Fsp3) is 0.462. The molecule has 1 rings (SSSR count). The molecule has 0 aliphatic carbocycles. The first-order chi connectivity index (χ1) is 8.71. The number of carbonyl (C=O) groups excluding carboxylic acids is 1. The fourth-order valence-electron chi connectivity index (χ4n) is 1.48. The molecule has 6 heteroatoms. The van der Waals surface area contributed by atoms with Crippen molar-refractivity contribution in [3.63, 3.8) is 0 Å². The Labute approximate surface area is 123 Å². The second-order valence-electron chi connectivity index (χ2n) is 4.82. The van der Waals surface area contributed by atoms with Gasteiger partial charge in [-0.05, 0) is 30.5 Å². The highest BCUT2D eigenvalue weighted by Gasteiger charge is 2.20. The number of halogens is 2. The van der Waals surface area contributed by atoms with Crippen molar-refractivity contribution in [1.29, 1.82) is 0 Å². The van der Waals surface area contributed by atoms with Gasteiger partial charge >= 0.3 is 0 Å². The lowest BCUT2D eigenvalue weighted by molar-refractivity contribution is 0.102. The predicted octanol–water partition coefficient (Wildman–Crippen LogP) is 3.64. The number of sulfone groups is 1. The Morgan fingerprint density at radius 3 is 2.42 bits per heavy atom. The van der Waals surface area contributed by atoms with Crippen LogP contribution in [0.1, 0.15) is 30.6 Å². The van der Waals surface area contributed by atoms with E-state index in [1.165, 1.54) is 18.2 Å². The van der Waals surface area contributed by atoms with Gasteiger partial charge in [-0.1, -0.05) is 37.0 Å². The van der Waals surface area contributed by atoms with Crippen LogP contribution in [0.5, 0.6) is 0 Å². The summed E-state index contributed by atoms with van der Waals surface area (Å²) in [5.74, 6) is -0.711. The largest absolute Gasteiger partial charge is 0.293 e. The Bertz CT molecular complexity index is 565. The van der Waals surface area contributed by atoms with Crippen LogP contribution in [-0.4, -0.2) is 25.7 Å². The molecular formula is C13H16Cl2O3S. The zero-order valence-corrected chi connectivity index (χ0v) is 13.1. The molecule has 0 spiro atoms. The Kier molecular flexibility index (Phi) is 5.83. The average Bonchev–Trinajstić information content (AvgIpc) is 2.25. The fourth-order valence-corrected chi connectivity index (χ4v) is 3.52. The summed E-state index contributed by atoms with van der Waals surface area (Å²) in [6.07, 6.45) is 0.546. The van der Waals surface area contributed by atoms with Crippen LogP contribution in [0.25, 0.3) is 0 Å². The predicted molar refractivity (Wildman–Crippen MR) is 78.9 cm³/mol. The lowest BCUT2D eigenvalue weighted by Gasteiger charge is -2.07. The van der Waals surface area contributed by atoms with Gasteiger partial charge in [0.25, 0.3) is 0 Å². The lowest BCUT2D eigenvalue weighted by atomic mass is 10.1. The molecule has 0 amide bonds. The Morgan fingerprint density at radius 1 is 1.26 bits per heavy atom. The number of benzene rings is 1. The van der Waals surface area contributed by atoms with Crippen molar-refractivity contribution in [2.75, 3.05) is 11.5 Å². The maximum Gasteiger partial charge on any atom is 0.179 e. The number of carbonyl (C=O) groups is 1. The molecule has 0 unspecified atom stereocenters. The van der Waals surface area contributed by atoms with Crippen molar-refractivity contribution in [1.82, 2.24) is 0 Å². The lowest BCUT2D eigenvalue weighted by Crippen LogP contribution is -2.20. The van der Waals surface area contributed by atoms with E-state index in [4.69, 9.17) is 23.2 Å². The van der Waals surface area contributed by atoms with Crippen LogP contribution in [0.4, 0.5) is 0 Å². The maximum absolute atomic E-state index is 11.9. The summed E-state index contributed by atoms with van der Waals surface area (Å²) in [6.45, 7) is 3.88. The molecule has 0 aromatic heterocycles. The Hall–Kier alpha value is -0.580. The molecule has 0 radical (unpaired) electrons. The smallest absolute Gasteiger partial charge is 0.179 e. The van der Waals surface area contributed by atoms with Crippen molar-refractivity contribution in [2.45, 2.75) is 20.3 Å². The second-order valence-corrected chi connectivity index (χ2v) is 7.85. The molecule has 106 valence electrons. The highest BCUT2D eigenvalue weighted by Crippen LogP contribution is 2.22. The van der Waals surface area contributed by atoms with Crippen LogP contribution in [0.3, 0.4) is 0 Å². The maximum atomic E-state index is 11.9. The van der Waals surface area contributed by atoms with E-state index in [1.807, 2.05) is 13.8 Å². The van der Waals surface area contributed by atoms with Gasteiger partial charge in [0, 0.05) is 10.6 Å². The molecule has 1 aromatic carbocycles. The van der Waals surface area contributed by atoms with Crippen molar-refractivity contribution in [2.24, 2.45) is 5.92 Å². The quantitative estimate of drug-likeness (QED) is 0.751. The number of Topliss-reactive ketones (excluding diaryl/α,β-unsaturated/α-hetero) is 1. The minimum absolute atomic E-state index is 0.0155. The van der Waals surface area contributed by atoms with Gasteiger partial charge in [0.1, 0.15) is 5.75 Å². The van der Waals surface area contributed by atoms with Crippen molar-refractivity contribution < 1.29 is 13.2 Å². The second kappa shape index (κ2) is 6.73. The third-order valence-electron chi connectivity index (χ3n) is 2.59. The number of hydrogen-bond donors (Lipinski definition) is 0. The van der Waals surface area contributed by atoms with Gasteiger partial charge in [0.05, 0.1) is 10.8 Å². The SMILES string of the molecule is CC(C)CCS(=O)(=O)CC(=O)c1ccc(Cl)cc1Cl. The van der Waals surface area contributed by atoms with Gasteiger partial charge in [0.2, 0.25) is 0 Å². The van der Waals surface area contributed by atoms with Crippen LogP contribution in [0, 0.1) is 5.92 Å². The Morgan fingerprint density at radius 2 is 1.89 bits per heavy atom. The molecule has 0 heterocycles. The van der Waals surface area contributed by atoms with E-state index >= 15 is 0 Å². The first-order valence-electron chi connectivity index (χ1n) is 5.90. The van der Waals surface area contributed by atoms with Crippen molar-refractivity contribution >= 4 is 38.8 Å². The molecule has 0 bridgehead atoms. The number of ketones is 1. The third kappa shape index (κ3) is 5.51. The summed E-state index contributed by atoms with van der Waals surface area (Å²) in [4.78, 5) is 11.9. The van der Waals surface area contributed by atoms with Gasteiger partial charge in [0.15, 0.2) is 15.6 Å². The monoisotopic (exact) mass is 322 g/mol. The molecule has 0 saturated carbocycles. The van der Waals surface area contributed by atoms with Gasteiger partial charge in [-0.2, -0.15) is 0 Å². The van der Waals surface area contributed by atoms with E-state index in [0.717, 1.165) is 0 Å². The van der Waals surface area contributed by atoms with Gasteiger partial charge in [-0.3, -0.25) is 4.79 Å². The van der Waals surface area contributed by atoms with E-state index in [2.05, 4.69) is 0 Å². The van der Waals surface area contributed by atoms with Crippen LogP contribution in [0.2, 0.25) is 10.0 Å². The van der Waals surface area contributed by atoms with E-state index < -0.39 is 21.4 Å². The van der Waals surface area contributed by atoms with Crippen LogP contribution in [-0.2, 0) is 9.84 Å². The summed E-state index contributed by atoms with van der Waals surface area (Å²) >= 11 is 11.6. The van der Waals surface area contributed by atoms with E-state index in [-0.39, 0.29) is 22.3 Å². The molecule has 0 N–H and O–H groups in total. The molecule has 0 aliphatic heterocycles. The first kappa shape index (κ1) is 16.5. The van der Waals surface area contributed by atoms with Crippen molar-refractivity contribution in [3.8, 4) is 0 Å². The molecular weight excluding hydrogens is 307 g/mol. The van der Waals surface area contributed by atoms with E-state index in [9.17, 15) is 13.2 Å². The summed E-state index contributed by atoms with van der Waals surface area (Å²) in [6, 6.07) is 4.39. The standard InChI is InChI=1S/C13H16Cl2O3S/c1-9(2)5-6-19(17,18)8-13(16)11-4-3-10(14)7-12(11)15/h3-4,7,9H,5-6,8H2,1-2H3. The third-order valence-corrected chi connectivity index (χ3v) is 4.70. The molecule has 0 saturated heterocycles. The first-order valence-corrected chi connectivity index (χ1v) is 8.47. The van der Waals surface area contributed by atoms with Gasteiger partial charge in [-0.15, -0.1) is 0 Å². The normalized spacial score (nSPS) is 11.8. The zero-order chi connectivity index (χ0) is 14.6. The van der Waals surface area contributed by atoms with Crippen molar-refractivity contribution in [3.05, 3.63) is 33.8 Å². The zero-order valence-electron chi connectivity index (χ0n) is 10.8. The topological polar surface area (TPSA) is 51.2 Å². The van der Waals surface area contributed by atoms with Crippen LogP contribution in [0.15, 0.2) is 18.2 Å². The van der Waals surface area contributed by atoms with Crippen LogP contribution < -0.4 is 0 Å². The molecule has 0 fully saturated rings. The summed E-state index contributed by atoms with van der Waals surface area (Å²) < 4.78 is 23.6. The summed E-state index contributed by atoms with van der Waals surface area (Å²) in [5, 5.41) is 0.584. The molecule has 0 aliphatic rings. The average molecular weight is 323 g/mol. The highest BCUT2D eigenvalue weighted by molar-refractivity contribution is 7.92. The summed E-state index contributed by atoms with van der Waals surface area (Å²) in [5.41, 5.74) is 0.194. The highest BCUT2D eigenvalue weighted by atomic mass is 35.5. The Balaban J connectivity index is 2.79. The minimum Gasteiger partial charge on any atom is -0.293 e. The van der Waals surface area contributed by atoms with E-state index in [0.29, 0.717) is 11.4 Å². The molecule has 0 atom stereocenters. The number of rotatable bonds is 6. The summed E-state index contributed by atoms with van der Waals surface area (Å²) in [7, 11) is -3.39. The van der Waals surface area contributed by atoms with Crippen LogP contribution >= 0.6 is 23.2 Å². The molecule has 1 aromatic rings. The molecule has 3 nitrogen and oxygen atoms in total. The molecule has 19 heavy (non-hydrogen) atoms.